The SMILES string of the molecule is O=C(N1C=NC2C1OC2(c1ccccc1)c1ccccc1)n1ccnc1. The zero-order valence-corrected chi connectivity index (χ0v) is 13.8. The number of imidazole rings is 1. The van der Waals surface area contributed by atoms with Crippen molar-refractivity contribution in [1.82, 2.24) is 14.5 Å². The molecule has 2 aromatic carbocycles. The van der Waals surface area contributed by atoms with Gasteiger partial charge in [0.05, 0.1) is 6.34 Å². The number of hydrogen-bond acceptors (Lipinski definition) is 4. The van der Waals surface area contributed by atoms with Gasteiger partial charge in [0, 0.05) is 12.4 Å². The van der Waals surface area contributed by atoms with Crippen molar-refractivity contribution in [2.24, 2.45) is 4.99 Å². The van der Waals surface area contributed by atoms with Crippen molar-refractivity contribution in [2.75, 3.05) is 0 Å². The van der Waals surface area contributed by atoms with E-state index in [1.807, 2.05) is 60.7 Å². The van der Waals surface area contributed by atoms with E-state index in [1.165, 1.54) is 15.8 Å². The monoisotopic (exact) mass is 344 g/mol. The van der Waals surface area contributed by atoms with Gasteiger partial charge in [-0.1, -0.05) is 60.7 Å². The van der Waals surface area contributed by atoms with Crippen molar-refractivity contribution in [2.45, 2.75) is 17.9 Å². The normalized spacial score (nSPS) is 22.7. The molecule has 3 aromatic rings. The Morgan fingerprint density at radius 3 is 2.23 bits per heavy atom. The zero-order chi connectivity index (χ0) is 17.6. The number of amides is 1. The highest BCUT2D eigenvalue weighted by Crippen LogP contribution is 2.51. The number of rotatable bonds is 2. The maximum absolute atomic E-state index is 12.7. The Morgan fingerprint density at radius 1 is 1.00 bits per heavy atom. The van der Waals surface area contributed by atoms with Gasteiger partial charge in [-0.2, -0.15) is 0 Å². The average Bonchev–Trinajstić information content (AvgIpc) is 3.33. The Hall–Kier alpha value is -3.25. The summed E-state index contributed by atoms with van der Waals surface area (Å²) in [7, 11) is 0. The van der Waals surface area contributed by atoms with E-state index >= 15 is 0 Å². The van der Waals surface area contributed by atoms with Crippen molar-refractivity contribution in [3.8, 4) is 0 Å². The molecule has 6 heteroatoms. The minimum absolute atomic E-state index is 0.195. The fraction of sp³-hybridized carbons (Fsp3) is 0.150. The van der Waals surface area contributed by atoms with Gasteiger partial charge in [-0.15, -0.1) is 0 Å². The molecule has 1 aromatic heterocycles. The van der Waals surface area contributed by atoms with E-state index in [0.29, 0.717) is 0 Å². The largest absolute Gasteiger partial charge is 0.337 e. The lowest BCUT2D eigenvalue weighted by Gasteiger charge is -2.52. The van der Waals surface area contributed by atoms with E-state index in [4.69, 9.17) is 4.74 Å². The Bertz CT molecular complexity index is 915. The fourth-order valence-corrected chi connectivity index (χ4v) is 3.73. The molecule has 0 bridgehead atoms. The lowest BCUT2D eigenvalue weighted by Crippen LogP contribution is -2.65. The fourth-order valence-electron chi connectivity index (χ4n) is 3.73. The Morgan fingerprint density at radius 2 is 1.65 bits per heavy atom. The van der Waals surface area contributed by atoms with E-state index in [-0.39, 0.29) is 12.1 Å². The molecular formula is C20H16N4O2. The van der Waals surface area contributed by atoms with Gasteiger partial charge in [0.25, 0.3) is 0 Å². The Labute approximate surface area is 150 Å². The highest BCUT2D eigenvalue weighted by molar-refractivity contribution is 5.90. The summed E-state index contributed by atoms with van der Waals surface area (Å²) in [4.78, 5) is 22.8. The molecule has 0 saturated carbocycles. The summed E-state index contributed by atoms with van der Waals surface area (Å²) in [6, 6.07) is 19.7. The molecule has 5 rings (SSSR count). The van der Waals surface area contributed by atoms with Crippen molar-refractivity contribution in [3.63, 3.8) is 0 Å². The van der Waals surface area contributed by atoms with Gasteiger partial charge in [-0.25, -0.2) is 9.78 Å². The number of nitrogens with zero attached hydrogens (tertiary/aromatic N) is 4. The van der Waals surface area contributed by atoms with Gasteiger partial charge in [0.15, 0.2) is 6.23 Å². The first-order valence-electron chi connectivity index (χ1n) is 8.43. The third kappa shape index (κ3) is 1.99. The van der Waals surface area contributed by atoms with Crippen LogP contribution in [0.1, 0.15) is 11.1 Å². The van der Waals surface area contributed by atoms with Crippen LogP contribution in [0.2, 0.25) is 0 Å². The lowest BCUT2D eigenvalue weighted by molar-refractivity contribution is -0.229. The van der Waals surface area contributed by atoms with Crippen LogP contribution >= 0.6 is 0 Å². The van der Waals surface area contributed by atoms with Crippen LogP contribution in [-0.2, 0) is 10.3 Å². The highest BCUT2D eigenvalue weighted by atomic mass is 16.6. The number of carbonyl (C=O) groups is 1. The summed E-state index contributed by atoms with van der Waals surface area (Å²) in [6.45, 7) is 0. The molecule has 6 nitrogen and oxygen atoms in total. The van der Waals surface area contributed by atoms with Gasteiger partial charge >= 0.3 is 6.03 Å². The number of ether oxygens (including phenoxy) is 1. The minimum Gasteiger partial charge on any atom is -0.337 e. The summed E-state index contributed by atoms with van der Waals surface area (Å²) in [5, 5.41) is 0. The van der Waals surface area contributed by atoms with E-state index in [2.05, 4.69) is 9.98 Å². The predicted octanol–water partition coefficient (Wildman–Crippen LogP) is 2.86. The first kappa shape index (κ1) is 15.0. The Kier molecular flexibility index (Phi) is 3.26. The Balaban J connectivity index is 1.53. The molecule has 1 amide bonds. The third-order valence-electron chi connectivity index (χ3n) is 4.97. The van der Waals surface area contributed by atoms with Crippen molar-refractivity contribution < 1.29 is 9.53 Å². The molecule has 0 aliphatic carbocycles. The molecule has 1 saturated heterocycles. The van der Waals surface area contributed by atoms with Crippen LogP contribution in [0.5, 0.6) is 0 Å². The van der Waals surface area contributed by atoms with E-state index in [9.17, 15) is 4.79 Å². The molecule has 0 radical (unpaired) electrons. The van der Waals surface area contributed by atoms with E-state index in [0.717, 1.165) is 11.1 Å². The molecule has 2 aliphatic rings. The number of benzene rings is 2. The summed E-state index contributed by atoms with van der Waals surface area (Å²) in [5.74, 6) is 0. The lowest BCUT2D eigenvalue weighted by atomic mass is 9.75. The summed E-state index contributed by atoms with van der Waals surface area (Å²) < 4.78 is 7.82. The number of hydrogen-bond donors (Lipinski definition) is 0. The second-order valence-corrected chi connectivity index (χ2v) is 6.35. The number of fused-ring (bicyclic) bond motifs is 1. The predicted molar refractivity (Wildman–Crippen MR) is 95.7 cm³/mol. The van der Waals surface area contributed by atoms with Gasteiger partial charge in [-0.3, -0.25) is 14.5 Å². The van der Waals surface area contributed by atoms with Gasteiger partial charge < -0.3 is 4.74 Å². The van der Waals surface area contributed by atoms with Crippen LogP contribution in [0, 0.1) is 0 Å². The van der Waals surface area contributed by atoms with Crippen LogP contribution in [0.4, 0.5) is 4.79 Å². The quantitative estimate of drug-likeness (QED) is 0.718. The summed E-state index contributed by atoms with van der Waals surface area (Å²) in [6.07, 6.45) is 5.81. The van der Waals surface area contributed by atoms with Crippen LogP contribution in [0.15, 0.2) is 84.4 Å². The molecule has 0 N–H and O–H groups in total. The maximum atomic E-state index is 12.7. The molecule has 3 heterocycles. The number of carbonyl (C=O) groups excluding carboxylic acids is 1. The first-order chi connectivity index (χ1) is 12.8. The second kappa shape index (κ2) is 5.64. The van der Waals surface area contributed by atoms with Gasteiger partial charge in [-0.05, 0) is 11.1 Å². The van der Waals surface area contributed by atoms with Crippen LogP contribution in [-0.4, -0.2) is 39.1 Å². The smallest absolute Gasteiger partial charge is 0.336 e. The van der Waals surface area contributed by atoms with Crippen molar-refractivity contribution in [1.29, 1.82) is 0 Å². The molecule has 2 unspecified atom stereocenters. The topological polar surface area (TPSA) is 59.7 Å². The molecule has 128 valence electrons. The molecule has 26 heavy (non-hydrogen) atoms. The maximum Gasteiger partial charge on any atom is 0.336 e. The highest BCUT2D eigenvalue weighted by Gasteiger charge is 2.62. The molecule has 2 aliphatic heterocycles. The number of aromatic nitrogens is 2. The number of aliphatic imine (C=N–C) groups is 1. The molecular weight excluding hydrogens is 328 g/mol. The summed E-state index contributed by atoms with van der Waals surface area (Å²) in [5.41, 5.74) is 1.37. The van der Waals surface area contributed by atoms with Crippen LogP contribution < -0.4 is 0 Å². The van der Waals surface area contributed by atoms with Gasteiger partial charge in [0.1, 0.15) is 18.0 Å². The third-order valence-corrected chi connectivity index (χ3v) is 4.97. The van der Waals surface area contributed by atoms with E-state index in [1.54, 1.807) is 18.7 Å². The summed E-state index contributed by atoms with van der Waals surface area (Å²) >= 11 is 0. The molecule has 0 spiro atoms. The average molecular weight is 344 g/mol. The van der Waals surface area contributed by atoms with Crippen molar-refractivity contribution in [3.05, 3.63) is 90.5 Å². The second-order valence-electron chi connectivity index (χ2n) is 6.35. The van der Waals surface area contributed by atoms with Crippen LogP contribution in [0.25, 0.3) is 0 Å². The standard InChI is InChI=1S/C20H16N4O2/c25-19(23-12-11-21-13-23)24-14-22-17-18(24)26-20(17,15-7-3-1-4-8-15)16-9-5-2-6-10-16/h1-14,17-18H. The molecule has 2 atom stereocenters. The van der Waals surface area contributed by atoms with Crippen molar-refractivity contribution >= 4 is 12.4 Å². The first-order valence-corrected chi connectivity index (χ1v) is 8.43. The van der Waals surface area contributed by atoms with Gasteiger partial charge in [0.2, 0.25) is 0 Å². The van der Waals surface area contributed by atoms with Crippen LogP contribution in [0.3, 0.4) is 0 Å². The zero-order valence-electron chi connectivity index (χ0n) is 13.8. The minimum atomic E-state index is -0.687. The molecule has 1 fully saturated rings. The van der Waals surface area contributed by atoms with E-state index < -0.39 is 11.8 Å².